The summed E-state index contributed by atoms with van der Waals surface area (Å²) >= 11 is 0. The highest BCUT2D eigenvalue weighted by atomic mass is 16.6. The molecule has 0 aromatic carbocycles. The molecule has 36 heavy (non-hydrogen) atoms. The molecule has 0 aromatic heterocycles. The number of fused-ring (bicyclic) bond motifs is 1. The number of nitrogens with zero attached hydrogens (tertiary/aromatic N) is 2. The van der Waals surface area contributed by atoms with Gasteiger partial charge in [0.1, 0.15) is 17.6 Å². The van der Waals surface area contributed by atoms with E-state index in [4.69, 9.17) is 9.47 Å². The van der Waals surface area contributed by atoms with E-state index in [-0.39, 0.29) is 37.0 Å². The minimum atomic E-state index is -1.14. The van der Waals surface area contributed by atoms with Crippen LogP contribution in [0.15, 0.2) is 25.3 Å². The predicted molar refractivity (Wildman–Crippen MR) is 137 cm³/mol. The molecule has 3 fully saturated rings. The Bertz CT molecular complexity index is 874. The summed E-state index contributed by atoms with van der Waals surface area (Å²) in [6.07, 6.45) is 6.63. The molecular weight excluding hydrogens is 460 g/mol. The maximum atomic E-state index is 14.4. The Labute approximate surface area is 215 Å². The molecule has 2 bridgehead atoms. The van der Waals surface area contributed by atoms with Crippen molar-refractivity contribution in [1.29, 1.82) is 0 Å². The molecule has 3 heterocycles. The van der Waals surface area contributed by atoms with Crippen molar-refractivity contribution in [3.8, 4) is 0 Å². The van der Waals surface area contributed by atoms with Crippen molar-refractivity contribution in [2.75, 3.05) is 19.8 Å². The van der Waals surface area contributed by atoms with Crippen LogP contribution in [0.2, 0.25) is 0 Å². The molecule has 0 saturated carbocycles. The molecule has 3 unspecified atom stereocenters. The van der Waals surface area contributed by atoms with E-state index in [1.165, 1.54) is 0 Å². The smallest absolute Gasteiger partial charge is 0.312 e. The molecule has 3 aliphatic rings. The van der Waals surface area contributed by atoms with Crippen LogP contribution in [0.1, 0.15) is 66.7 Å². The number of aliphatic hydroxyl groups is 1. The summed E-state index contributed by atoms with van der Waals surface area (Å²) in [6.45, 7) is 17.5. The summed E-state index contributed by atoms with van der Waals surface area (Å²) in [5, 5.41) is 10.3. The second-order valence-corrected chi connectivity index (χ2v) is 11.1. The number of aliphatic hydroxyl groups excluding tert-OH is 1. The van der Waals surface area contributed by atoms with Crippen LogP contribution in [0.25, 0.3) is 0 Å². The molecular formula is C28H44N2O6. The van der Waals surface area contributed by atoms with E-state index in [1.54, 1.807) is 22.0 Å². The fourth-order valence-corrected chi connectivity index (χ4v) is 6.67. The molecule has 8 nitrogen and oxygen atoms in total. The minimum absolute atomic E-state index is 0.0617. The van der Waals surface area contributed by atoms with E-state index >= 15 is 0 Å². The van der Waals surface area contributed by atoms with Gasteiger partial charge < -0.3 is 24.4 Å². The lowest BCUT2D eigenvalue weighted by molar-refractivity contribution is -0.163. The zero-order chi connectivity index (χ0) is 26.8. The van der Waals surface area contributed by atoms with Gasteiger partial charge in [-0.2, -0.15) is 0 Å². The standard InChI is InChI=1S/C28H44N2O6/c1-8-11-16-35-26(34)22-21-24(32)30(20(17-31)18(4)5)23(28(21)14-13-27(22,7)36-28)25(33)29(15-10-3)19(6)12-9-2/h8,10,18-23,31H,1,3,9,11-17H2,2,4-7H3/t19?,20-,21-,22+,23?,27-,28?/m0/s1. The van der Waals surface area contributed by atoms with Gasteiger partial charge >= 0.3 is 5.97 Å². The highest BCUT2D eigenvalue weighted by Gasteiger charge is 2.79. The number of carbonyl (C=O) groups excluding carboxylic acids is 3. The molecule has 0 aliphatic carbocycles. The van der Waals surface area contributed by atoms with Gasteiger partial charge in [-0.3, -0.25) is 14.4 Å². The van der Waals surface area contributed by atoms with Gasteiger partial charge in [-0.15, -0.1) is 13.2 Å². The third-order valence-electron chi connectivity index (χ3n) is 8.43. The lowest BCUT2D eigenvalue weighted by atomic mass is 9.66. The van der Waals surface area contributed by atoms with Crippen molar-refractivity contribution >= 4 is 17.8 Å². The number of hydrogen-bond donors (Lipinski definition) is 1. The fraction of sp³-hybridized carbons (Fsp3) is 0.750. The van der Waals surface area contributed by atoms with Gasteiger partial charge in [-0.05, 0) is 45.4 Å². The Balaban J connectivity index is 2.11. The van der Waals surface area contributed by atoms with Crippen molar-refractivity contribution in [3.63, 3.8) is 0 Å². The van der Waals surface area contributed by atoms with Crippen molar-refractivity contribution in [1.82, 2.24) is 9.80 Å². The molecule has 1 N–H and O–H groups in total. The molecule has 8 heteroatoms. The summed E-state index contributed by atoms with van der Waals surface area (Å²) < 4.78 is 12.2. The first kappa shape index (κ1) is 28.4. The molecule has 0 aromatic rings. The topological polar surface area (TPSA) is 96.4 Å². The molecule has 3 saturated heterocycles. The zero-order valence-electron chi connectivity index (χ0n) is 22.6. The number of esters is 1. The predicted octanol–water partition coefficient (Wildman–Crippen LogP) is 3.09. The van der Waals surface area contributed by atoms with E-state index in [0.29, 0.717) is 25.8 Å². The van der Waals surface area contributed by atoms with Crippen LogP contribution >= 0.6 is 0 Å². The van der Waals surface area contributed by atoms with E-state index in [0.717, 1.165) is 12.8 Å². The van der Waals surface area contributed by atoms with Gasteiger partial charge in [-0.1, -0.05) is 39.3 Å². The number of amides is 2. The summed E-state index contributed by atoms with van der Waals surface area (Å²) in [4.78, 5) is 45.2. The quantitative estimate of drug-likeness (QED) is 0.235. The van der Waals surface area contributed by atoms with Crippen molar-refractivity contribution in [2.45, 2.75) is 96.1 Å². The highest BCUT2D eigenvalue weighted by molar-refractivity contribution is 5.98. The summed E-state index contributed by atoms with van der Waals surface area (Å²) in [7, 11) is 0. The Morgan fingerprint density at radius 2 is 1.97 bits per heavy atom. The normalized spacial score (nSPS) is 32.4. The maximum Gasteiger partial charge on any atom is 0.312 e. The lowest BCUT2D eigenvalue weighted by Gasteiger charge is -2.42. The number of ether oxygens (including phenoxy) is 2. The van der Waals surface area contributed by atoms with Gasteiger partial charge in [-0.25, -0.2) is 0 Å². The van der Waals surface area contributed by atoms with E-state index < -0.39 is 41.1 Å². The average Bonchev–Trinajstić information content (AvgIpc) is 3.39. The van der Waals surface area contributed by atoms with Crippen LogP contribution in [0.3, 0.4) is 0 Å². The number of rotatable bonds is 13. The van der Waals surface area contributed by atoms with Crippen LogP contribution in [-0.2, 0) is 23.9 Å². The van der Waals surface area contributed by atoms with Crippen LogP contribution in [0.4, 0.5) is 0 Å². The van der Waals surface area contributed by atoms with Gasteiger partial charge in [0, 0.05) is 12.6 Å². The molecule has 3 aliphatic heterocycles. The average molecular weight is 505 g/mol. The van der Waals surface area contributed by atoms with E-state index in [1.807, 2.05) is 27.7 Å². The first-order chi connectivity index (χ1) is 17.0. The Hall–Kier alpha value is -2.19. The van der Waals surface area contributed by atoms with Crippen molar-refractivity contribution in [2.24, 2.45) is 17.8 Å². The number of carbonyl (C=O) groups is 3. The van der Waals surface area contributed by atoms with E-state index in [9.17, 15) is 19.5 Å². The monoisotopic (exact) mass is 504 g/mol. The molecule has 7 atom stereocenters. The van der Waals surface area contributed by atoms with Crippen LogP contribution in [-0.4, -0.2) is 81.8 Å². The van der Waals surface area contributed by atoms with Crippen LogP contribution in [0, 0.1) is 17.8 Å². The molecule has 202 valence electrons. The summed E-state index contributed by atoms with van der Waals surface area (Å²) in [5.41, 5.74) is -2.03. The Morgan fingerprint density at radius 3 is 2.53 bits per heavy atom. The third-order valence-corrected chi connectivity index (χ3v) is 8.43. The number of likely N-dealkylation sites (tertiary alicyclic amines) is 1. The summed E-state index contributed by atoms with van der Waals surface area (Å²) in [5.74, 6) is -2.74. The first-order valence-corrected chi connectivity index (χ1v) is 13.4. The SMILES string of the molecule is C=CCCOC(=O)[C@H]1[C@H]2C(=O)N([C@@H](CO)C(C)C)C(C(=O)N(CC=C)C(C)CCC)C23CC[C@]1(C)O3. The summed E-state index contributed by atoms with van der Waals surface area (Å²) in [6, 6.07) is -1.57. The Morgan fingerprint density at radius 1 is 1.28 bits per heavy atom. The zero-order valence-corrected chi connectivity index (χ0v) is 22.6. The van der Waals surface area contributed by atoms with Crippen LogP contribution < -0.4 is 0 Å². The van der Waals surface area contributed by atoms with E-state index in [2.05, 4.69) is 20.1 Å². The van der Waals surface area contributed by atoms with Crippen LogP contribution in [0.5, 0.6) is 0 Å². The van der Waals surface area contributed by atoms with Crippen molar-refractivity contribution < 1.29 is 29.0 Å². The third kappa shape index (κ3) is 4.51. The molecule has 1 spiro atoms. The van der Waals surface area contributed by atoms with Gasteiger partial charge in [0.25, 0.3) is 0 Å². The molecule has 0 radical (unpaired) electrons. The molecule has 2 amide bonds. The number of hydrogen-bond acceptors (Lipinski definition) is 6. The second kappa shape index (κ2) is 11.1. The fourth-order valence-electron chi connectivity index (χ4n) is 6.67. The Kier molecular flexibility index (Phi) is 8.71. The van der Waals surface area contributed by atoms with Gasteiger partial charge in [0.2, 0.25) is 11.8 Å². The second-order valence-electron chi connectivity index (χ2n) is 11.1. The van der Waals surface area contributed by atoms with Gasteiger partial charge in [0.15, 0.2) is 0 Å². The minimum Gasteiger partial charge on any atom is -0.465 e. The maximum absolute atomic E-state index is 14.4. The first-order valence-electron chi connectivity index (χ1n) is 13.4. The molecule has 3 rings (SSSR count). The van der Waals surface area contributed by atoms with Crippen molar-refractivity contribution in [3.05, 3.63) is 25.3 Å². The lowest BCUT2D eigenvalue weighted by Crippen LogP contribution is -2.60. The highest BCUT2D eigenvalue weighted by Crippen LogP contribution is 2.64. The largest absolute Gasteiger partial charge is 0.465 e. The van der Waals surface area contributed by atoms with Gasteiger partial charge in [0.05, 0.1) is 30.8 Å².